The lowest BCUT2D eigenvalue weighted by Crippen LogP contribution is -2.02. The van der Waals surface area contributed by atoms with Crippen molar-refractivity contribution in [1.29, 1.82) is 0 Å². The van der Waals surface area contributed by atoms with Gasteiger partial charge in [-0.15, -0.1) is 0 Å². The van der Waals surface area contributed by atoms with E-state index >= 15 is 0 Å². The number of nitrogen functional groups attached to an aromatic ring is 1. The summed E-state index contributed by atoms with van der Waals surface area (Å²) in [5.41, 5.74) is 7.56. The van der Waals surface area contributed by atoms with Crippen LogP contribution in [-0.4, -0.2) is 9.97 Å². The van der Waals surface area contributed by atoms with Crippen molar-refractivity contribution in [1.82, 2.24) is 9.97 Å². The van der Waals surface area contributed by atoms with E-state index in [2.05, 4.69) is 15.3 Å². The molecular weight excluding hydrogens is 316 g/mol. The van der Waals surface area contributed by atoms with Crippen LogP contribution in [0.15, 0.2) is 70.8 Å². The van der Waals surface area contributed by atoms with Crippen molar-refractivity contribution >= 4 is 40.6 Å². The number of nitrogens with zero attached hydrogens (tertiary/aromatic N) is 2. The average Bonchev–Trinajstić information content (AvgIpc) is 2.54. The molecule has 6 heteroatoms. The zero-order valence-electron chi connectivity index (χ0n) is 11.5. The van der Waals surface area contributed by atoms with Gasteiger partial charge in [-0.05, 0) is 36.4 Å². The molecule has 0 aliphatic heterocycles. The lowest BCUT2D eigenvalue weighted by atomic mass is 10.3. The first-order valence-corrected chi connectivity index (χ1v) is 7.78. The standard InChI is InChI=1S/C16H13ClN4S/c17-11-6-8-12(9-7-11)21-15-14(18)16(20-10-19-15)22-13-4-2-1-3-5-13/h1-10H,18H2,(H,19,20,21). The van der Waals surface area contributed by atoms with E-state index in [1.807, 2.05) is 42.5 Å². The number of nitrogens with two attached hydrogens (primary N) is 1. The van der Waals surface area contributed by atoms with E-state index in [0.29, 0.717) is 16.5 Å². The van der Waals surface area contributed by atoms with Crippen LogP contribution in [0.25, 0.3) is 0 Å². The highest BCUT2D eigenvalue weighted by atomic mass is 35.5. The summed E-state index contributed by atoms with van der Waals surface area (Å²) < 4.78 is 0. The van der Waals surface area contributed by atoms with Crippen LogP contribution in [0.5, 0.6) is 0 Å². The minimum absolute atomic E-state index is 0.520. The number of anilines is 3. The topological polar surface area (TPSA) is 63.8 Å². The van der Waals surface area contributed by atoms with Crippen molar-refractivity contribution in [3.8, 4) is 0 Å². The van der Waals surface area contributed by atoms with E-state index in [4.69, 9.17) is 17.3 Å². The number of nitrogens with one attached hydrogen (secondary N) is 1. The smallest absolute Gasteiger partial charge is 0.158 e. The van der Waals surface area contributed by atoms with Crippen molar-refractivity contribution in [2.45, 2.75) is 9.92 Å². The number of halogens is 1. The fourth-order valence-corrected chi connectivity index (χ4v) is 2.78. The van der Waals surface area contributed by atoms with Crippen molar-refractivity contribution in [2.75, 3.05) is 11.1 Å². The van der Waals surface area contributed by atoms with Crippen molar-refractivity contribution in [2.24, 2.45) is 0 Å². The zero-order chi connectivity index (χ0) is 15.4. The van der Waals surface area contributed by atoms with Crippen molar-refractivity contribution < 1.29 is 0 Å². The monoisotopic (exact) mass is 328 g/mol. The van der Waals surface area contributed by atoms with E-state index in [9.17, 15) is 0 Å². The minimum atomic E-state index is 0.520. The summed E-state index contributed by atoms with van der Waals surface area (Å²) in [6, 6.07) is 17.3. The second-order valence-electron chi connectivity index (χ2n) is 4.49. The molecule has 0 bridgehead atoms. The Kier molecular flexibility index (Phi) is 4.46. The molecule has 0 radical (unpaired) electrons. The van der Waals surface area contributed by atoms with Crippen LogP contribution >= 0.6 is 23.4 Å². The number of rotatable bonds is 4. The van der Waals surface area contributed by atoms with Crippen LogP contribution in [0.3, 0.4) is 0 Å². The molecule has 1 aromatic heterocycles. The van der Waals surface area contributed by atoms with Gasteiger partial charge in [0, 0.05) is 15.6 Å². The van der Waals surface area contributed by atoms with Gasteiger partial charge >= 0.3 is 0 Å². The van der Waals surface area contributed by atoms with Gasteiger partial charge < -0.3 is 11.1 Å². The van der Waals surface area contributed by atoms with Crippen molar-refractivity contribution in [3.63, 3.8) is 0 Å². The first-order valence-electron chi connectivity index (χ1n) is 6.58. The predicted molar refractivity (Wildman–Crippen MR) is 91.7 cm³/mol. The maximum atomic E-state index is 6.17. The third-order valence-corrected chi connectivity index (χ3v) is 4.19. The molecule has 0 fully saturated rings. The molecule has 3 rings (SSSR count). The number of hydrogen-bond acceptors (Lipinski definition) is 5. The molecule has 0 saturated heterocycles. The number of aromatic nitrogens is 2. The van der Waals surface area contributed by atoms with E-state index in [1.54, 1.807) is 12.1 Å². The number of benzene rings is 2. The summed E-state index contributed by atoms with van der Waals surface area (Å²) >= 11 is 7.38. The third kappa shape index (κ3) is 3.50. The predicted octanol–water partition coefficient (Wildman–Crippen LogP) is 4.61. The Balaban J connectivity index is 1.84. The van der Waals surface area contributed by atoms with Crippen molar-refractivity contribution in [3.05, 3.63) is 65.9 Å². The third-order valence-electron chi connectivity index (χ3n) is 2.91. The van der Waals surface area contributed by atoms with Gasteiger partial charge in [0.25, 0.3) is 0 Å². The minimum Gasteiger partial charge on any atom is -0.394 e. The second-order valence-corrected chi connectivity index (χ2v) is 5.99. The van der Waals surface area contributed by atoms with Gasteiger partial charge in [0.05, 0.1) is 0 Å². The Bertz CT molecular complexity index is 763. The molecule has 0 aliphatic rings. The Morgan fingerprint density at radius 3 is 2.41 bits per heavy atom. The van der Waals surface area contributed by atoms with Gasteiger partial charge in [-0.1, -0.05) is 41.6 Å². The first-order chi connectivity index (χ1) is 10.7. The molecule has 0 spiro atoms. The van der Waals surface area contributed by atoms with Gasteiger partial charge in [-0.2, -0.15) is 0 Å². The summed E-state index contributed by atoms with van der Waals surface area (Å²) in [5, 5.41) is 4.58. The molecule has 0 saturated carbocycles. The summed E-state index contributed by atoms with van der Waals surface area (Å²) in [6.07, 6.45) is 1.50. The maximum Gasteiger partial charge on any atom is 0.158 e. The number of hydrogen-bond donors (Lipinski definition) is 2. The molecule has 22 heavy (non-hydrogen) atoms. The van der Waals surface area contributed by atoms with E-state index < -0.39 is 0 Å². The van der Waals surface area contributed by atoms with Crippen LogP contribution in [-0.2, 0) is 0 Å². The molecule has 110 valence electrons. The highest BCUT2D eigenvalue weighted by Gasteiger charge is 2.09. The van der Waals surface area contributed by atoms with E-state index in [1.165, 1.54) is 18.1 Å². The molecule has 2 aromatic carbocycles. The Morgan fingerprint density at radius 2 is 1.68 bits per heavy atom. The SMILES string of the molecule is Nc1c(Nc2ccc(Cl)cc2)ncnc1Sc1ccccc1. The molecule has 0 aliphatic carbocycles. The van der Waals surface area contributed by atoms with Gasteiger partial charge in [-0.3, -0.25) is 0 Å². The molecule has 3 N–H and O–H groups in total. The highest BCUT2D eigenvalue weighted by Crippen LogP contribution is 2.33. The molecule has 1 heterocycles. The van der Waals surface area contributed by atoms with Crippen LogP contribution in [0, 0.1) is 0 Å². The fraction of sp³-hybridized carbons (Fsp3) is 0. The Labute approximate surface area is 137 Å². The molecule has 3 aromatic rings. The van der Waals surface area contributed by atoms with Gasteiger partial charge in [0.1, 0.15) is 17.0 Å². The maximum absolute atomic E-state index is 6.17. The fourth-order valence-electron chi connectivity index (χ4n) is 1.83. The second kappa shape index (κ2) is 6.68. The zero-order valence-corrected chi connectivity index (χ0v) is 13.1. The van der Waals surface area contributed by atoms with Crippen LogP contribution in [0.2, 0.25) is 5.02 Å². The molecular formula is C16H13ClN4S. The highest BCUT2D eigenvalue weighted by molar-refractivity contribution is 7.99. The Hall–Kier alpha value is -2.24. The summed E-state index contributed by atoms with van der Waals surface area (Å²) in [4.78, 5) is 9.53. The largest absolute Gasteiger partial charge is 0.394 e. The summed E-state index contributed by atoms with van der Waals surface area (Å²) in [6.45, 7) is 0. The molecule has 0 amide bonds. The van der Waals surface area contributed by atoms with Crippen LogP contribution in [0.1, 0.15) is 0 Å². The lowest BCUT2D eigenvalue weighted by molar-refractivity contribution is 1.06. The van der Waals surface area contributed by atoms with E-state index in [0.717, 1.165) is 15.6 Å². The molecule has 0 atom stereocenters. The Morgan fingerprint density at radius 1 is 0.955 bits per heavy atom. The average molecular weight is 329 g/mol. The van der Waals surface area contributed by atoms with Crippen LogP contribution in [0.4, 0.5) is 17.2 Å². The normalized spacial score (nSPS) is 10.4. The van der Waals surface area contributed by atoms with Gasteiger partial charge in [0.2, 0.25) is 0 Å². The summed E-state index contributed by atoms with van der Waals surface area (Å²) in [5.74, 6) is 0.579. The van der Waals surface area contributed by atoms with Gasteiger partial charge in [-0.25, -0.2) is 9.97 Å². The summed E-state index contributed by atoms with van der Waals surface area (Å²) in [7, 11) is 0. The van der Waals surface area contributed by atoms with Crippen LogP contribution < -0.4 is 11.1 Å². The quantitative estimate of drug-likeness (QED) is 0.685. The molecule has 4 nitrogen and oxygen atoms in total. The lowest BCUT2D eigenvalue weighted by Gasteiger charge is -2.11. The van der Waals surface area contributed by atoms with E-state index in [-0.39, 0.29) is 0 Å². The first kappa shape index (κ1) is 14.7. The molecule has 0 unspecified atom stereocenters. The van der Waals surface area contributed by atoms with Gasteiger partial charge in [0.15, 0.2) is 5.82 Å².